The van der Waals surface area contributed by atoms with Gasteiger partial charge in [0.05, 0.1) is 17.5 Å². The van der Waals surface area contributed by atoms with Crippen molar-refractivity contribution in [3.63, 3.8) is 0 Å². The quantitative estimate of drug-likeness (QED) is 0.342. The molecule has 0 aliphatic heterocycles. The fourth-order valence-electron chi connectivity index (χ4n) is 4.01. The summed E-state index contributed by atoms with van der Waals surface area (Å²) in [7, 11) is 0. The van der Waals surface area contributed by atoms with Gasteiger partial charge in [-0.05, 0) is 54.7 Å². The maximum absolute atomic E-state index is 13.8. The minimum atomic E-state index is -2.90. The van der Waals surface area contributed by atoms with Crippen molar-refractivity contribution in [3.05, 3.63) is 94.1 Å². The molecule has 5 rings (SSSR count). The highest BCUT2D eigenvalue weighted by atomic mass is 19.3. The van der Waals surface area contributed by atoms with Crippen LogP contribution in [-0.4, -0.2) is 19.8 Å². The van der Waals surface area contributed by atoms with E-state index in [-0.39, 0.29) is 5.56 Å². The van der Waals surface area contributed by atoms with Crippen LogP contribution in [0.5, 0.6) is 0 Å². The van der Waals surface area contributed by atoms with Gasteiger partial charge in [-0.25, -0.2) is 18.3 Å². The van der Waals surface area contributed by atoms with E-state index in [1.165, 1.54) is 12.1 Å². The Labute approximate surface area is 189 Å². The Morgan fingerprint density at radius 1 is 1.06 bits per heavy atom. The van der Waals surface area contributed by atoms with Crippen LogP contribution >= 0.6 is 0 Å². The predicted octanol–water partition coefficient (Wildman–Crippen LogP) is 5.59. The molecule has 2 aromatic carbocycles. The first-order chi connectivity index (χ1) is 15.8. The van der Waals surface area contributed by atoms with E-state index in [1.807, 2.05) is 38.1 Å². The van der Waals surface area contributed by atoms with Crippen molar-refractivity contribution in [2.24, 2.45) is 0 Å². The first-order valence-corrected chi connectivity index (χ1v) is 10.5. The lowest BCUT2D eigenvalue weighted by Gasteiger charge is -2.11. The van der Waals surface area contributed by atoms with Crippen molar-refractivity contribution in [2.75, 3.05) is 0 Å². The monoisotopic (exact) mass is 442 g/mol. The molecule has 0 aliphatic rings. The van der Waals surface area contributed by atoms with Gasteiger partial charge in [-0.15, -0.1) is 0 Å². The molecular formula is C26H20F2N4O. The summed E-state index contributed by atoms with van der Waals surface area (Å²) in [6.07, 6.45) is 3.74. The van der Waals surface area contributed by atoms with Gasteiger partial charge in [-0.3, -0.25) is 0 Å². The van der Waals surface area contributed by atoms with Crippen LogP contribution in [0, 0.1) is 25.7 Å². The zero-order valence-corrected chi connectivity index (χ0v) is 18.4. The molecule has 0 atom stereocenters. The Balaban J connectivity index is 1.57. The molecule has 0 N–H and O–H groups in total. The summed E-state index contributed by atoms with van der Waals surface area (Å²) in [5.41, 5.74) is 6.08. The second-order valence-corrected chi connectivity index (χ2v) is 8.17. The van der Waals surface area contributed by atoms with E-state index in [0.717, 1.165) is 40.2 Å². The second kappa shape index (κ2) is 7.82. The molecule has 0 aliphatic carbocycles. The Kier molecular flexibility index (Phi) is 4.94. The number of hydrogen-bond donors (Lipinski definition) is 0. The molecule has 3 aromatic heterocycles. The fourth-order valence-corrected chi connectivity index (χ4v) is 4.01. The molecule has 0 saturated heterocycles. The number of benzene rings is 2. The number of halogens is 2. The minimum Gasteiger partial charge on any atom is -0.355 e. The van der Waals surface area contributed by atoms with Crippen LogP contribution in [0.25, 0.3) is 16.6 Å². The number of rotatable bonds is 3. The van der Waals surface area contributed by atoms with Gasteiger partial charge in [0.25, 0.3) is 5.92 Å². The SMILES string of the molecule is Cc1cc(C)c2c(Cc3cccc(C(C)(F)F)c3)noc2c1C#Cc1cnc2cccnn12. The number of fused-ring (bicyclic) bond motifs is 2. The molecule has 33 heavy (non-hydrogen) atoms. The summed E-state index contributed by atoms with van der Waals surface area (Å²) in [5.74, 6) is 3.44. The van der Waals surface area contributed by atoms with Crippen molar-refractivity contribution in [1.29, 1.82) is 0 Å². The van der Waals surface area contributed by atoms with Gasteiger partial charge in [-0.1, -0.05) is 35.3 Å². The van der Waals surface area contributed by atoms with Gasteiger partial charge < -0.3 is 4.52 Å². The predicted molar refractivity (Wildman–Crippen MR) is 121 cm³/mol. The summed E-state index contributed by atoms with van der Waals surface area (Å²) in [4.78, 5) is 4.31. The van der Waals surface area contributed by atoms with Crippen LogP contribution in [0.1, 0.15) is 46.1 Å². The smallest absolute Gasteiger partial charge is 0.270 e. The van der Waals surface area contributed by atoms with Crippen molar-refractivity contribution in [2.45, 2.75) is 33.1 Å². The molecule has 0 unspecified atom stereocenters. The number of aromatic nitrogens is 4. The van der Waals surface area contributed by atoms with Gasteiger partial charge >= 0.3 is 0 Å². The summed E-state index contributed by atoms with van der Waals surface area (Å²) in [6, 6.07) is 12.1. The van der Waals surface area contributed by atoms with E-state index in [1.54, 1.807) is 23.0 Å². The molecule has 5 aromatic rings. The molecule has 0 amide bonds. The molecule has 3 heterocycles. The normalized spacial score (nSPS) is 11.7. The highest BCUT2D eigenvalue weighted by Crippen LogP contribution is 2.31. The fraction of sp³-hybridized carbons (Fsp3) is 0.192. The first-order valence-electron chi connectivity index (χ1n) is 10.5. The van der Waals surface area contributed by atoms with Crippen LogP contribution < -0.4 is 0 Å². The molecule has 7 heteroatoms. The summed E-state index contributed by atoms with van der Waals surface area (Å²) in [6.45, 7) is 4.85. The Hall–Kier alpha value is -4.05. The number of imidazole rings is 1. The topological polar surface area (TPSA) is 56.2 Å². The maximum Gasteiger partial charge on any atom is 0.270 e. The second-order valence-electron chi connectivity index (χ2n) is 8.17. The highest BCUT2D eigenvalue weighted by molar-refractivity contribution is 5.89. The molecule has 0 bridgehead atoms. The van der Waals surface area contributed by atoms with E-state index in [2.05, 4.69) is 27.1 Å². The third-order valence-corrected chi connectivity index (χ3v) is 5.61. The molecule has 0 fully saturated rings. The Morgan fingerprint density at radius 3 is 2.73 bits per heavy atom. The number of aryl methyl sites for hydroxylation is 2. The Bertz CT molecular complexity index is 1560. The zero-order valence-electron chi connectivity index (χ0n) is 18.4. The van der Waals surface area contributed by atoms with Crippen LogP contribution in [0.4, 0.5) is 8.78 Å². The van der Waals surface area contributed by atoms with E-state index in [0.29, 0.717) is 23.4 Å². The van der Waals surface area contributed by atoms with Gasteiger partial charge in [0, 0.05) is 30.5 Å². The molecule has 0 radical (unpaired) electrons. The van der Waals surface area contributed by atoms with E-state index < -0.39 is 5.92 Å². The average Bonchev–Trinajstić information content (AvgIpc) is 3.38. The molecule has 5 nitrogen and oxygen atoms in total. The van der Waals surface area contributed by atoms with Gasteiger partial charge in [0.1, 0.15) is 5.69 Å². The number of hydrogen-bond acceptors (Lipinski definition) is 4. The number of nitrogens with zero attached hydrogens (tertiary/aromatic N) is 4. The summed E-state index contributed by atoms with van der Waals surface area (Å²) >= 11 is 0. The summed E-state index contributed by atoms with van der Waals surface area (Å²) < 4.78 is 34.9. The molecule has 0 saturated carbocycles. The third kappa shape index (κ3) is 3.85. The standard InChI is InChI=1S/C26H20F2N4O/c1-16-12-17(2)24-22(14-18-6-4-7-19(13-18)26(3,27)28)31-33-25(24)21(16)10-9-20-15-29-23-8-5-11-30-32(20)23/h4-8,11-13,15H,14H2,1-3H3. The van der Waals surface area contributed by atoms with E-state index >= 15 is 0 Å². The van der Waals surface area contributed by atoms with Crippen molar-refractivity contribution < 1.29 is 13.3 Å². The van der Waals surface area contributed by atoms with Crippen LogP contribution in [0.2, 0.25) is 0 Å². The lowest BCUT2D eigenvalue weighted by molar-refractivity contribution is 0.0174. The lowest BCUT2D eigenvalue weighted by Crippen LogP contribution is -2.07. The van der Waals surface area contributed by atoms with Crippen molar-refractivity contribution in [3.8, 4) is 11.8 Å². The largest absolute Gasteiger partial charge is 0.355 e. The molecular weight excluding hydrogens is 422 g/mol. The Morgan fingerprint density at radius 2 is 1.91 bits per heavy atom. The van der Waals surface area contributed by atoms with Crippen LogP contribution in [0.15, 0.2) is 59.4 Å². The van der Waals surface area contributed by atoms with Gasteiger partial charge in [0.2, 0.25) is 0 Å². The zero-order chi connectivity index (χ0) is 23.2. The van der Waals surface area contributed by atoms with Crippen molar-refractivity contribution >= 4 is 16.6 Å². The number of alkyl halides is 2. The highest BCUT2D eigenvalue weighted by Gasteiger charge is 2.24. The van der Waals surface area contributed by atoms with Crippen molar-refractivity contribution in [1.82, 2.24) is 19.8 Å². The van der Waals surface area contributed by atoms with Crippen LogP contribution in [0.3, 0.4) is 0 Å². The molecule has 164 valence electrons. The first kappa shape index (κ1) is 20.8. The summed E-state index contributed by atoms with van der Waals surface area (Å²) in [5, 5.41) is 9.43. The minimum absolute atomic E-state index is 0.0198. The maximum atomic E-state index is 13.8. The van der Waals surface area contributed by atoms with E-state index in [9.17, 15) is 8.78 Å². The van der Waals surface area contributed by atoms with Crippen LogP contribution in [-0.2, 0) is 12.3 Å². The van der Waals surface area contributed by atoms with Gasteiger partial charge in [-0.2, -0.15) is 5.10 Å². The van der Waals surface area contributed by atoms with E-state index in [4.69, 9.17) is 4.52 Å². The third-order valence-electron chi connectivity index (χ3n) is 5.61. The lowest BCUT2D eigenvalue weighted by atomic mass is 9.97. The average molecular weight is 442 g/mol. The van der Waals surface area contributed by atoms with Gasteiger partial charge in [0.15, 0.2) is 11.2 Å². The molecule has 0 spiro atoms.